The van der Waals surface area contributed by atoms with Gasteiger partial charge < -0.3 is 15.8 Å². The van der Waals surface area contributed by atoms with Crippen LogP contribution in [0.15, 0.2) is 0 Å². The summed E-state index contributed by atoms with van der Waals surface area (Å²) in [6.45, 7) is 11.8. The molecule has 124 valence electrons. The molecule has 1 fully saturated rings. The maximum absolute atomic E-state index is 11.8. The van der Waals surface area contributed by atoms with E-state index in [0.29, 0.717) is 12.1 Å². The number of ether oxygens (including phenoxy) is 1. The van der Waals surface area contributed by atoms with Gasteiger partial charge in [-0.2, -0.15) is 0 Å². The summed E-state index contributed by atoms with van der Waals surface area (Å²) >= 11 is 0. The first-order valence-corrected chi connectivity index (χ1v) is 8.33. The van der Waals surface area contributed by atoms with Gasteiger partial charge in [-0.05, 0) is 52.6 Å². The summed E-state index contributed by atoms with van der Waals surface area (Å²) in [6, 6.07) is 0.314. The Morgan fingerprint density at radius 2 is 2.24 bits per heavy atom. The van der Waals surface area contributed by atoms with Crippen molar-refractivity contribution in [3.63, 3.8) is 0 Å². The summed E-state index contributed by atoms with van der Waals surface area (Å²) < 4.78 is 5.89. The van der Waals surface area contributed by atoms with Crippen molar-refractivity contribution in [2.75, 3.05) is 26.2 Å². The molecule has 0 aromatic heterocycles. The Balaban J connectivity index is 2.56. The molecule has 3 atom stereocenters. The minimum absolute atomic E-state index is 0.271. The Morgan fingerprint density at radius 1 is 1.52 bits per heavy atom. The molecule has 1 heterocycles. The molecule has 1 aliphatic heterocycles. The number of carbonyl (C=O) groups excluding carboxylic acids is 1. The zero-order valence-electron chi connectivity index (χ0n) is 14.2. The highest BCUT2D eigenvalue weighted by molar-refractivity contribution is 5.84. The van der Waals surface area contributed by atoms with Gasteiger partial charge in [0.1, 0.15) is 0 Å². The zero-order valence-corrected chi connectivity index (χ0v) is 14.2. The normalized spacial score (nSPS) is 24.5. The zero-order chi connectivity index (χ0) is 15.9. The Hall–Kier alpha value is -0.650. The molecule has 0 saturated carbocycles. The van der Waals surface area contributed by atoms with Crippen LogP contribution in [0.4, 0.5) is 0 Å². The van der Waals surface area contributed by atoms with Crippen LogP contribution >= 0.6 is 0 Å². The number of rotatable bonds is 9. The van der Waals surface area contributed by atoms with E-state index in [1.165, 1.54) is 0 Å². The molecule has 0 aromatic carbocycles. The van der Waals surface area contributed by atoms with Crippen LogP contribution in [0.3, 0.4) is 0 Å². The first-order chi connectivity index (χ1) is 9.92. The molecule has 0 aliphatic carbocycles. The van der Waals surface area contributed by atoms with Gasteiger partial charge >= 0.3 is 0 Å². The van der Waals surface area contributed by atoms with Gasteiger partial charge in [0.15, 0.2) is 0 Å². The number of likely N-dealkylation sites (N-methyl/N-ethyl adjacent to an activating group) is 1. The Bertz CT molecular complexity index is 325. The summed E-state index contributed by atoms with van der Waals surface area (Å²) in [5.74, 6) is -0.271. The molecule has 1 rings (SSSR count). The van der Waals surface area contributed by atoms with E-state index >= 15 is 0 Å². The molecular formula is C16H33N3O2. The summed E-state index contributed by atoms with van der Waals surface area (Å²) in [7, 11) is 0. The van der Waals surface area contributed by atoms with Crippen LogP contribution in [0.5, 0.6) is 0 Å². The van der Waals surface area contributed by atoms with E-state index in [9.17, 15) is 4.79 Å². The lowest BCUT2D eigenvalue weighted by Crippen LogP contribution is -2.57. The van der Waals surface area contributed by atoms with Crippen molar-refractivity contribution in [3.05, 3.63) is 0 Å². The lowest BCUT2D eigenvalue weighted by atomic mass is 9.91. The fraction of sp³-hybridized carbons (Fsp3) is 0.938. The Morgan fingerprint density at radius 3 is 2.81 bits per heavy atom. The molecule has 1 aliphatic rings. The van der Waals surface area contributed by atoms with Crippen LogP contribution in [0.1, 0.15) is 53.4 Å². The van der Waals surface area contributed by atoms with Gasteiger partial charge in [-0.25, -0.2) is 0 Å². The van der Waals surface area contributed by atoms with E-state index in [-0.39, 0.29) is 5.91 Å². The summed E-state index contributed by atoms with van der Waals surface area (Å²) in [5, 5.41) is 3.24. The average Bonchev–Trinajstić information content (AvgIpc) is 2.45. The van der Waals surface area contributed by atoms with Gasteiger partial charge in [0.25, 0.3) is 0 Å². The lowest BCUT2D eigenvalue weighted by molar-refractivity contribution is -0.124. The van der Waals surface area contributed by atoms with E-state index in [0.717, 1.165) is 51.9 Å². The van der Waals surface area contributed by atoms with Crippen LogP contribution in [-0.4, -0.2) is 54.7 Å². The molecule has 5 heteroatoms. The first-order valence-electron chi connectivity index (χ1n) is 8.33. The monoisotopic (exact) mass is 299 g/mol. The number of carbonyl (C=O) groups is 1. The van der Waals surface area contributed by atoms with Crippen LogP contribution in [-0.2, 0) is 9.53 Å². The van der Waals surface area contributed by atoms with Crippen molar-refractivity contribution in [2.45, 2.75) is 71.1 Å². The predicted octanol–water partition coefficient (Wildman–Crippen LogP) is 1.51. The van der Waals surface area contributed by atoms with Crippen molar-refractivity contribution in [1.29, 1.82) is 0 Å². The lowest BCUT2D eigenvalue weighted by Gasteiger charge is -2.40. The van der Waals surface area contributed by atoms with Gasteiger partial charge in [0.05, 0.1) is 11.6 Å². The second-order valence-corrected chi connectivity index (χ2v) is 6.41. The topological polar surface area (TPSA) is 67.6 Å². The SMILES string of the molecule is CCCOC1CCCN(C(C)CC(C)(NCC)C(N)=O)C1. The number of primary amides is 1. The van der Waals surface area contributed by atoms with E-state index in [4.69, 9.17) is 10.5 Å². The van der Waals surface area contributed by atoms with Crippen molar-refractivity contribution in [2.24, 2.45) is 5.73 Å². The second kappa shape index (κ2) is 8.71. The van der Waals surface area contributed by atoms with Crippen LogP contribution in [0.25, 0.3) is 0 Å². The van der Waals surface area contributed by atoms with Crippen molar-refractivity contribution < 1.29 is 9.53 Å². The number of nitrogens with two attached hydrogens (primary N) is 1. The summed E-state index contributed by atoms with van der Waals surface area (Å²) in [4.78, 5) is 14.2. The predicted molar refractivity (Wildman–Crippen MR) is 86.2 cm³/mol. The third-order valence-electron chi connectivity index (χ3n) is 4.41. The molecule has 1 saturated heterocycles. The van der Waals surface area contributed by atoms with E-state index < -0.39 is 5.54 Å². The summed E-state index contributed by atoms with van der Waals surface area (Å²) in [6.07, 6.45) is 4.43. The number of nitrogens with zero attached hydrogens (tertiary/aromatic N) is 1. The standard InChI is InChI=1S/C16H33N3O2/c1-5-10-21-14-8-7-9-19(12-14)13(3)11-16(4,15(17)20)18-6-2/h13-14,18H,5-12H2,1-4H3,(H2,17,20). The van der Waals surface area contributed by atoms with Crippen molar-refractivity contribution in [3.8, 4) is 0 Å². The number of piperidine rings is 1. The molecule has 5 nitrogen and oxygen atoms in total. The van der Waals surface area contributed by atoms with E-state index in [1.54, 1.807) is 0 Å². The Labute approximate surface area is 129 Å². The third kappa shape index (κ3) is 5.57. The number of nitrogens with one attached hydrogen (secondary N) is 1. The van der Waals surface area contributed by atoms with Crippen molar-refractivity contribution in [1.82, 2.24) is 10.2 Å². The molecule has 21 heavy (non-hydrogen) atoms. The Kier molecular flexibility index (Phi) is 7.63. The molecule has 3 N–H and O–H groups in total. The molecule has 0 aromatic rings. The fourth-order valence-corrected chi connectivity index (χ4v) is 3.16. The van der Waals surface area contributed by atoms with E-state index in [2.05, 4.69) is 24.1 Å². The van der Waals surface area contributed by atoms with Gasteiger partial charge in [-0.1, -0.05) is 13.8 Å². The van der Waals surface area contributed by atoms with Gasteiger partial charge in [-0.3, -0.25) is 9.69 Å². The molecular weight excluding hydrogens is 266 g/mol. The largest absolute Gasteiger partial charge is 0.377 e. The molecule has 0 radical (unpaired) electrons. The highest BCUT2D eigenvalue weighted by Gasteiger charge is 2.34. The van der Waals surface area contributed by atoms with Gasteiger partial charge in [0.2, 0.25) is 5.91 Å². The molecule has 0 bridgehead atoms. The minimum atomic E-state index is -0.634. The molecule has 1 amide bonds. The van der Waals surface area contributed by atoms with Crippen LogP contribution < -0.4 is 11.1 Å². The quantitative estimate of drug-likeness (QED) is 0.677. The first kappa shape index (κ1) is 18.4. The average molecular weight is 299 g/mol. The highest BCUT2D eigenvalue weighted by Crippen LogP contribution is 2.21. The second-order valence-electron chi connectivity index (χ2n) is 6.41. The number of amides is 1. The minimum Gasteiger partial charge on any atom is -0.377 e. The number of hydrogen-bond acceptors (Lipinski definition) is 4. The smallest absolute Gasteiger partial charge is 0.237 e. The van der Waals surface area contributed by atoms with Crippen molar-refractivity contribution >= 4 is 5.91 Å². The van der Waals surface area contributed by atoms with Gasteiger partial charge in [0, 0.05) is 19.2 Å². The number of likely N-dealkylation sites (tertiary alicyclic amines) is 1. The summed E-state index contributed by atoms with van der Waals surface area (Å²) in [5.41, 5.74) is 4.95. The number of hydrogen-bond donors (Lipinski definition) is 2. The van der Waals surface area contributed by atoms with E-state index in [1.807, 2.05) is 13.8 Å². The maximum Gasteiger partial charge on any atom is 0.237 e. The molecule has 3 unspecified atom stereocenters. The maximum atomic E-state index is 11.8. The molecule has 0 spiro atoms. The van der Waals surface area contributed by atoms with Crippen LogP contribution in [0.2, 0.25) is 0 Å². The fourth-order valence-electron chi connectivity index (χ4n) is 3.16. The van der Waals surface area contributed by atoms with Gasteiger partial charge in [-0.15, -0.1) is 0 Å². The van der Waals surface area contributed by atoms with Crippen LogP contribution in [0, 0.1) is 0 Å². The third-order valence-corrected chi connectivity index (χ3v) is 4.41. The highest BCUT2D eigenvalue weighted by atomic mass is 16.5.